The maximum Gasteiger partial charge on any atom is 0.416 e. The lowest BCUT2D eigenvalue weighted by atomic mass is 10.1. The first-order valence-electron chi connectivity index (χ1n) is 5.29. The molecule has 1 aromatic carbocycles. The van der Waals surface area contributed by atoms with E-state index in [1.54, 1.807) is 0 Å². The summed E-state index contributed by atoms with van der Waals surface area (Å²) in [6.45, 7) is 0. The summed E-state index contributed by atoms with van der Waals surface area (Å²) in [6, 6.07) is 5.43. The predicted octanol–water partition coefficient (Wildman–Crippen LogP) is 3.92. The van der Waals surface area contributed by atoms with Crippen LogP contribution in [-0.2, 0) is 6.18 Å². The van der Waals surface area contributed by atoms with E-state index in [2.05, 4.69) is 4.98 Å². The van der Waals surface area contributed by atoms with E-state index in [4.69, 9.17) is 4.74 Å². The third-order valence-electron chi connectivity index (χ3n) is 2.52. The molecular weight excluding hydrogens is 262 g/mol. The number of rotatable bonds is 2. The third-order valence-corrected chi connectivity index (χ3v) is 2.52. The highest BCUT2D eigenvalue weighted by molar-refractivity contribution is 5.61. The highest BCUT2D eigenvalue weighted by Gasteiger charge is 2.30. The van der Waals surface area contributed by atoms with Crippen LogP contribution in [0, 0.1) is 5.82 Å². The fourth-order valence-corrected chi connectivity index (χ4v) is 1.59. The third kappa shape index (κ3) is 2.83. The van der Waals surface area contributed by atoms with E-state index in [1.165, 1.54) is 25.4 Å². The molecule has 0 radical (unpaired) electrons. The zero-order valence-corrected chi connectivity index (χ0v) is 9.83. The minimum absolute atomic E-state index is 0.0648. The summed E-state index contributed by atoms with van der Waals surface area (Å²) in [4.78, 5) is 3.78. The molecule has 0 saturated carbocycles. The molecule has 0 aliphatic carbocycles. The fraction of sp³-hybridized carbons (Fsp3) is 0.154. The Hall–Kier alpha value is -2.11. The minimum Gasteiger partial charge on any atom is -0.495 e. The van der Waals surface area contributed by atoms with Gasteiger partial charge in [0.25, 0.3) is 0 Å². The van der Waals surface area contributed by atoms with Gasteiger partial charge in [0, 0.05) is 11.6 Å². The van der Waals surface area contributed by atoms with Gasteiger partial charge >= 0.3 is 6.18 Å². The summed E-state index contributed by atoms with van der Waals surface area (Å²) >= 11 is 0. The smallest absolute Gasteiger partial charge is 0.416 e. The number of alkyl halides is 3. The Labute approximate surface area is 106 Å². The van der Waals surface area contributed by atoms with Gasteiger partial charge in [0.1, 0.15) is 11.4 Å². The van der Waals surface area contributed by atoms with Gasteiger partial charge in [-0.1, -0.05) is 12.1 Å². The van der Waals surface area contributed by atoms with Crippen molar-refractivity contribution >= 4 is 0 Å². The van der Waals surface area contributed by atoms with E-state index in [-0.39, 0.29) is 17.0 Å². The molecule has 2 nitrogen and oxygen atoms in total. The lowest BCUT2D eigenvalue weighted by Crippen LogP contribution is -2.04. The maximum absolute atomic E-state index is 13.7. The Balaban J connectivity index is 2.48. The molecule has 0 aliphatic rings. The van der Waals surface area contributed by atoms with Gasteiger partial charge in [-0.2, -0.15) is 13.2 Å². The van der Waals surface area contributed by atoms with Gasteiger partial charge in [0.05, 0.1) is 18.9 Å². The lowest BCUT2D eigenvalue weighted by Gasteiger charge is -2.09. The monoisotopic (exact) mass is 271 g/mol. The van der Waals surface area contributed by atoms with E-state index in [9.17, 15) is 17.6 Å². The van der Waals surface area contributed by atoms with Crippen LogP contribution in [0.4, 0.5) is 17.6 Å². The Bertz CT molecular complexity index is 595. The van der Waals surface area contributed by atoms with Crippen molar-refractivity contribution in [1.29, 1.82) is 0 Å². The average molecular weight is 271 g/mol. The summed E-state index contributed by atoms with van der Waals surface area (Å²) < 4.78 is 56.2. The average Bonchev–Trinajstić information content (AvgIpc) is 2.37. The Morgan fingerprint density at radius 2 is 1.89 bits per heavy atom. The highest BCUT2D eigenvalue weighted by atomic mass is 19.4. The molecule has 2 aromatic rings. The molecular formula is C13H9F4NO. The molecule has 0 amide bonds. The van der Waals surface area contributed by atoms with Crippen LogP contribution in [-0.4, -0.2) is 12.1 Å². The van der Waals surface area contributed by atoms with Gasteiger partial charge in [-0.3, -0.25) is 0 Å². The predicted molar refractivity (Wildman–Crippen MR) is 61.2 cm³/mol. The van der Waals surface area contributed by atoms with E-state index in [0.717, 1.165) is 18.2 Å². The van der Waals surface area contributed by atoms with Crippen LogP contribution in [0.5, 0.6) is 5.75 Å². The van der Waals surface area contributed by atoms with Crippen LogP contribution in [0.3, 0.4) is 0 Å². The number of ether oxygens (including phenoxy) is 1. The zero-order chi connectivity index (χ0) is 14.0. The van der Waals surface area contributed by atoms with Crippen LogP contribution in [0.2, 0.25) is 0 Å². The lowest BCUT2D eigenvalue weighted by molar-refractivity contribution is -0.137. The number of nitrogens with zero attached hydrogens (tertiary/aromatic N) is 1. The van der Waals surface area contributed by atoms with Crippen molar-refractivity contribution in [2.24, 2.45) is 0 Å². The molecule has 0 atom stereocenters. The first-order valence-corrected chi connectivity index (χ1v) is 5.29. The molecule has 2 rings (SSSR count). The highest BCUT2D eigenvalue weighted by Crippen LogP contribution is 2.32. The standard InChI is InChI=1S/C13H9F4NO/c1-19-10-6-11(14)12(18-7-10)8-3-2-4-9(5-8)13(15,16)17/h2-7H,1H3. The number of methoxy groups -OCH3 is 1. The Morgan fingerprint density at radius 3 is 2.47 bits per heavy atom. The van der Waals surface area contributed by atoms with Gasteiger partial charge in [-0.25, -0.2) is 9.37 Å². The molecule has 100 valence electrons. The second-order valence-electron chi connectivity index (χ2n) is 3.78. The van der Waals surface area contributed by atoms with Gasteiger partial charge in [-0.05, 0) is 12.1 Å². The molecule has 19 heavy (non-hydrogen) atoms. The van der Waals surface area contributed by atoms with Crippen molar-refractivity contribution < 1.29 is 22.3 Å². The second kappa shape index (κ2) is 4.87. The van der Waals surface area contributed by atoms with Crippen molar-refractivity contribution in [2.75, 3.05) is 7.11 Å². The van der Waals surface area contributed by atoms with Gasteiger partial charge in [0.15, 0.2) is 5.82 Å². The molecule has 0 fully saturated rings. The summed E-state index contributed by atoms with van der Waals surface area (Å²) in [5.74, 6) is -0.535. The largest absolute Gasteiger partial charge is 0.495 e. The molecule has 0 bridgehead atoms. The van der Waals surface area contributed by atoms with E-state index >= 15 is 0 Å². The van der Waals surface area contributed by atoms with Gasteiger partial charge < -0.3 is 4.74 Å². The SMILES string of the molecule is COc1cnc(-c2cccc(C(F)(F)F)c2)c(F)c1. The van der Waals surface area contributed by atoms with E-state index in [1.807, 2.05) is 0 Å². The number of benzene rings is 1. The van der Waals surface area contributed by atoms with E-state index < -0.39 is 17.6 Å². The van der Waals surface area contributed by atoms with Crippen molar-refractivity contribution in [2.45, 2.75) is 6.18 Å². The Morgan fingerprint density at radius 1 is 1.16 bits per heavy atom. The summed E-state index contributed by atoms with van der Waals surface area (Å²) in [5, 5.41) is 0. The van der Waals surface area contributed by atoms with Crippen molar-refractivity contribution in [3.63, 3.8) is 0 Å². The molecule has 6 heteroatoms. The molecule has 0 spiro atoms. The zero-order valence-electron chi connectivity index (χ0n) is 9.83. The molecule has 0 aliphatic heterocycles. The second-order valence-corrected chi connectivity index (χ2v) is 3.78. The van der Waals surface area contributed by atoms with Crippen LogP contribution >= 0.6 is 0 Å². The van der Waals surface area contributed by atoms with Crippen molar-refractivity contribution in [3.8, 4) is 17.0 Å². The molecule has 0 N–H and O–H groups in total. The van der Waals surface area contributed by atoms with Crippen LogP contribution < -0.4 is 4.74 Å². The quantitative estimate of drug-likeness (QED) is 0.772. The summed E-state index contributed by atoms with van der Waals surface area (Å²) in [5.41, 5.74) is -0.927. The minimum atomic E-state index is -4.47. The number of aromatic nitrogens is 1. The normalized spacial score (nSPS) is 11.4. The summed E-state index contributed by atoms with van der Waals surface area (Å²) in [7, 11) is 1.35. The number of hydrogen-bond acceptors (Lipinski definition) is 2. The fourth-order valence-electron chi connectivity index (χ4n) is 1.59. The molecule has 1 aromatic heterocycles. The molecule has 1 heterocycles. The maximum atomic E-state index is 13.7. The van der Waals surface area contributed by atoms with Crippen LogP contribution in [0.15, 0.2) is 36.5 Å². The number of halogens is 4. The number of hydrogen-bond donors (Lipinski definition) is 0. The summed E-state index contributed by atoms with van der Waals surface area (Å²) in [6.07, 6.45) is -3.22. The van der Waals surface area contributed by atoms with Crippen LogP contribution in [0.1, 0.15) is 5.56 Å². The molecule has 0 unspecified atom stereocenters. The van der Waals surface area contributed by atoms with Crippen molar-refractivity contribution in [1.82, 2.24) is 4.98 Å². The Kier molecular flexibility index (Phi) is 3.42. The number of pyridine rings is 1. The first kappa shape index (κ1) is 13.3. The van der Waals surface area contributed by atoms with Gasteiger partial charge in [0.2, 0.25) is 0 Å². The van der Waals surface area contributed by atoms with E-state index in [0.29, 0.717) is 0 Å². The van der Waals surface area contributed by atoms with Crippen LogP contribution in [0.25, 0.3) is 11.3 Å². The van der Waals surface area contributed by atoms with Gasteiger partial charge in [-0.15, -0.1) is 0 Å². The first-order chi connectivity index (χ1) is 8.91. The molecule has 0 saturated heterocycles. The van der Waals surface area contributed by atoms with Crippen molar-refractivity contribution in [3.05, 3.63) is 47.9 Å². The topological polar surface area (TPSA) is 22.1 Å².